The van der Waals surface area contributed by atoms with Crippen molar-refractivity contribution >= 4 is 30.0 Å². The fourth-order valence-corrected chi connectivity index (χ4v) is 3.38. The Morgan fingerprint density at radius 1 is 1.41 bits per heavy atom. The summed E-state index contributed by atoms with van der Waals surface area (Å²) in [5.74, 6) is -0.238. The molecule has 2 rings (SSSR count). The van der Waals surface area contributed by atoms with E-state index in [4.69, 9.17) is 5.73 Å². The number of rotatable bonds is 6. The number of halogens is 2. The Balaban J connectivity index is 0.00000364. The molecule has 0 radical (unpaired) electrons. The molecule has 1 saturated heterocycles. The van der Waals surface area contributed by atoms with Crippen LogP contribution in [0.2, 0.25) is 0 Å². The zero-order valence-corrected chi connectivity index (χ0v) is 16.8. The van der Waals surface area contributed by atoms with Gasteiger partial charge in [0.05, 0.1) is 5.54 Å². The first kappa shape index (κ1) is 23.2. The molecule has 1 heterocycles. The lowest BCUT2D eigenvalue weighted by Gasteiger charge is -2.37. The number of nitrogens with one attached hydrogen (secondary N) is 2. The average molecular weight is 401 g/mol. The zero-order chi connectivity index (χ0) is 19.2. The molecule has 8 heteroatoms. The standard InChI is InChI=1S/C19H29FN4O2.ClH/c1-3-9-19(2,21)17(25)24-10-5-6-14(13-24)12-22-18(26)23-16-8-4-7-15(20)11-16;/h4,7-8,11,14H,3,5-6,9-10,12-13,21H2,1-2H3,(H2,22,23,26);1H. The van der Waals surface area contributed by atoms with Gasteiger partial charge in [0.15, 0.2) is 0 Å². The summed E-state index contributed by atoms with van der Waals surface area (Å²) in [6, 6.07) is 5.36. The molecule has 1 aliphatic heterocycles. The van der Waals surface area contributed by atoms with Crippen LogP contribution in [0.3, 0.4) is 0 Å². The monoisotopic (exact) mass is 400 g/mol. The number of anilines is 1. The number of amides is 3. The van der Waals surface area contributed by atoms with Gasteiger partial charge in [-0.15, -0.1) is 12.4 Å². The van der Waals surface area contributed by atoms with Crippen LogP contribution in [0.1, 0.15) is 39.5 Å². The van der Waals surface area contributed by atoms with Crippen LogP contribution in [0.25, 0.3) is 0 Å². The first-order valence-electron chi connectivity index (χ1n) is 9.20. The van der Waals surface area contributed by atoms with E-state index in [1.54, 1.807) is 13.0 Å². The molecule has 3 amide bonds. The highest BCUT2D eigenvalue weighted by Crippen LogP contribution is 2.20. The Bertz CT molecular complexity index is 642. The summed E-state index contributed by atoms with van der Waals surface area (Å²) in [5, 5.41) is 5.41. The summed E-state index contributed by atoms with van der Waals surface area (Å²) in [6.07, 6.45) is 3.35. The number of likely N-dealkylation sites (tertiary alicyclic amines) is 1. The van der Waals surface area contributed by atoms with Crippen LogP contribution in [0.5, 0.6) is 0 Å². The number of nitrogens with two attached hydrogens (primary N) is 1. The number of nitrogens with zero attached hydrogens (tertiary/aromatic N) is 1. The van der Waals surface area contributed by atoms with E-state index in [1.807, 2.05) is 11.8 Å². The Hall–Kier alpha value is -1.86. The van der Waals surface area contributed by atoms with Gasteiger partial charge in [-0.05, 0) is 50.3 Å². The van der Waals surface area contributed by atoms with E-state index >= 15 is 0 Å². The van der Waals surface area contributed by atoms with Crippen molar-refractivity contribution in [1.29, 1.82) is 0 Å². The first-order chi connectivity index (χ1) is 12.3. The van der Waals surface area contributed by atoms with Crippen LogP contribution >= 0.6 is 12.4 Å². The second-order valence-corrected chi connectivity index (χ2v) is 7.27. The minimum absolute atomic E-state index is 0. The number of hydrogen-bond donors (Lipinski definition) is 3. The molecule has 1 fully saturated rings. The maximum absolute atomic E-state index is 13.1. The minimum Gasteiger partial charge on any atom is -0.341 e. The quantitative estimate of drug-likeness (QED) is 0.685. The molecule has 4 N–H and O–H groups in total. The normalized spacial score (nSPS) is 18.8. The predicted molar refractivity (Wildman–Crippen MR) is 107 cm³/mol. The molecule has 0 aromatic heterocycles. The van der Waals surface area contributed by atoms with Crippen molar-refractivity contribution in [3.63, 3.8) is 0 Å². The van der Waals surface area contributed by atoms with Crippen molar-refractivity contribution in [3.8, 4) is 0 Å². The molecular formula is C19H30ClFN4O2. The molecule has 1 aromatic carbocycles. The van der Waals surface area contributed by atoms with Crippen molar-refractivity contribution in [1.82, 2.24) is 10.2 Å². The number of carbonyl (C=O) groups is 2. The van der Waals surface area contributed by atoms with Gasteiger partial charge in [0.1, 0.15) is 5.82 Å². The fourth-order valence-electron chi connectivity index (χ4n) is 3.38. The Morgan fingerprint density at radius 3 is 2.81 bits per heavy atom. The summed E-state index contributed by atoms with van der Waals surface area (Å²) >= 11 is 0. The van der Waals surface area contributed by atoms with Gasteiger partial charge in [-0.25, -0.2) is 9.18 Å². The maximum atomic E-state index is 13.1. The highest BCUT2D eigenvalue weighted by atomic mass is 35.5. The van der Waals surface area contributed by atoms with Gasteiger partial charge in [0.2, 0.25) is 5.91 Å². The SMILES string of the molecule is CCCC(C)(N)C(=O)N1CCCC(CNC(=O)Nc2cccc(F)c2)C1.Cl. The van der Waals surface area contributed by atoms with Crippen molar-refractivity contribution in [2.45, 2.75) is 45.1 Å². The average Bonchev–Trinajstić information content (AvgIpc) is 2.59. The van der Waals surface area contributed by atoms with E-state index in [0.717, 1.165) is 19.3 Å². The van der Waals surface area contributed by atoms with Gasteiger partial charge in [0, 0.05) is 25.3 Å². The molecule has 0 spiro atoms. The van der Waals surface area contributed by atoms with Crippen LogP contribution in [0, 0.1) is 11.7 Å². The van der Waals surface area contributed by atoms with Gasteiger partial charge in [-0.1, -0.05) is 19.4 Å². The molecule has 0 aliphatic carbocycles. The molecule has 2 atom stereocenters. The molecule has 1 aromatic rings. The Morgan fingerprint density at radius 2 is 2.15 bits per heavy atom. The van der Waals surface area contributed by atoms with Gasteiger partial charge in [0.25, 0.3) is 0 Å². The highest BCUT2D eigenvalue weighted by molar-refractivity contribution is 5.89. The second-order valence-electron chi connectivity index (χ2n) is 7.27. The maximum Gasteiger partial charge on any atom is 0.319 e. The van der Waals surface area contributed by atoms with Crippen molar-refractivity contribution in [2.24, 2.45) is 11.7 Å². The van der Waals surface area contributed by atoms with E-state index < -0.39 is 11.4 Å². The molecule has 0 bridgehead atoms. The number of carbonyl (C=O) groups excluding carboxylic acids is 2. The lowest BCUT2D eigenvalue weighted by molar-refractivity contribution is -0.138. The summed E-state index contributed by atoms with van der Waals surface area (Å²) < 4.78 is 13.1. The topological polar surface area (TPSA) is 87.5 Å². The molecule has 27 heavy (non-hydrogen) atoms. The van der Waals surface area contributed by atoms with Gasteiger partial charge in [-0.2, -0.15) is 0 Å². The molecular weight excluding hydrogens is 371 g/mol. The third-order valence-corrected chi connectivity index (χ3v) is 4.70. The fraction of sp³-hybridized carbons (Fsp3) is 0.579. The first-order valence-corrected chi connectivity index (χ1v) is 9.20. The van der Waals surface area contributed by atoms with Crippen LogP contribution in [-0.4, -0.2) is 42.0 Å². The van der Waals surface area contributed by atoms with E-state index in [2.05, 4.69) is 10.6 Å². The van der Waals surface area contributed by atoms with E-state index in [1.165, 1.54) is 18.2 Å². The van der Waals surface area contributed by atoms with Crippen LogP contribution in [0.4, 0.5) is 14.9 Å². The van der Waals surface area contributed by atoms with Crippen LogP contribution < -0.4 is 16.4 Å². The molecule has 6 nitrogen and oxygen atoms in total. The Kier molecular flexibility index (Phi) is 8.99. The summed E-state index contributed by atoms with van der Waals surface area (Å²) in [7, 11) is 0. The smallest absolute Gasteiger partial charge is 0.319 e. The molecule has 0 saturated carbocycles. The van der Waals surface area contributed by atoms with Crippen molar-refractivity contribution in [2.75, 3.05) is 25.0 Å². The van der Waals surface area contributed by atoms with E-state index in [0.29, 0.717) is 31.7 Å². The summed E-state index contributed by atoms with van der Waals surface area (Å²) in [6.45, 7) is 5.56. The van der Waals surface area contributed by atoms with Crippen molar-refractivity contribution in [3.05, 3.63) is 30.1 Å². The number of hydrogen-bond acceptors (Lipinski definition) is 3. The predicted octanol–water partition coefficient (Wildman–Crippen LogP) is 3.13. The number of piperidine rings is 1. The Labute approximate surface area is 166 Å². The summed E-state index contributed by atoms with van der Waals surface area (Å²) in [4.78, 5) is 26.4. The third-order valence-electron chi connectivity index (χ3n) is 4.70. The summed E-state index contributed by atoms with van der Waals surface area (Å²) in [5.41, 5.74) is 5.74. The lowest BCUT2D eigenvalue weighted by atomic mass is 9.92. The molecule has 152 valence electrons. The second kappa shape index (κ2) is 10.5. The number of urea groups is 1. The minimum atomic E-state index is -0.834. The van der Waals surface area contributed by atoms with Crippen molar-refractivity contribution < 1.29 is 14.0 Å². The van der Waals surface area contributed by atoms with Gasteiger partial charge in [-0.3, -0.25) is 4.79 Å². The van der Waals surface area contributed by atoms with Crippen LogP contribution in [-0.2, 0) is 4.79 Å². The lowest BCUT2D eigenvalue weighted by Crippen LogP contribution is -2.56. The van der Waals surface area contributed by atoms with E-state index in [-0.39, 0.29) is 30.3 Å². The third kappa shape index (κ3) is 6.99. The molecule has 2 unspecified atom stereocenters. The number of benzene rings is 1. The highest BCUT2D eigenvalue weighted by Gasteiger charge is 2.34. The van der Waals surface area contributed by atoms with Crippen LogP contribution in [0.15, 0.2) is 24.3 Å². The van der Waals surface area contributed by atoms with Gasteiger partial charge < -0.3 is 21.3 Å². The van der Waals surface area contributed by atoms with Gasteiger partial charge >= 0.3 is 6.03 Å². The zero-order valence-electron chi connectivity index (χ0n) is 16.0. The van der Waals surface area contributed by atoms with E-state index in [9.17, 15) is 14.0 Å². The largest absolute Gasteiger partial charge is 0.341 e. The molecule has 1 aliphatic rings.